The van der Waals surface area contributed by atoms with Crippen LogP contribution in [-0.2, 0) is 9.53 Å². The number of hydrogen-bond acceptors (Lipinski definition) is 7. The fraction of sp³-hybridized carbons (Fsp3) is 0.370. The Morgan fingerprint density at radius 1 is 1.24 bits per heavy atom. The molecule has 0 radical (unpaired) electrons. The van der Waals surface area contributed by atoms with E-state index in [4.69, 9.17) is 10.5 Å². The lowest BCUT2D eigenvalue weighted by molar-refractivity contribution is -0.134. The number of amides is 3. The average molecular weight is 573 g/mol. The van der Waals surface area contributed by atoms with Crippen molar-refractivity contribution in [3.63, 3.8) is 0 Å². The van der Waals surface area contributed by atoms with Gasteiger partial charge in [0, 0.05) is 55.0 Å². The summed E-state index contributed by atoms with van der Waals surface area (Å²) in [4.78, 5) is 35.3. The van der Waals surface area contributed by atoms with Gasteiger partial charge in [-0.2, -0.15) is 18.3 Å². The molecule has 3 amide bonds. The first kappa shape index (κ1) is 29.5. The molecule has 41 heavy (non-hydrogen) atoms. The number of allylic oxidation sites excluding steroid dienone is 1. The molecule has 14 heteroatoms. The second-order valence-electron chi connectivity index (χ2n) is 9.50. The standard InChI is InChI=1S/C27H31F3N8O3/c1-17(25(39)37-8-6-22(41-2)7-9-37)32-13-20(12-31)19-11-24-33-15-23(38(24)35-14-19)18-4-3-5-21(10-18)36-26(40)34-16-27(28,29)30/h3-5,10-15,17,22H,6-9,16,31H2,1-2H3,(H2,34,36,40). The van der Waals surface area contributed by atoms with Crippen LogP contribution in [-0.4, -0.2) is 82.7 Å². The van der Waals surface area contributed by atoms with Crippen LogP contribution in [0.4, 0.5) is 23.7 Å². The molecule has 0 bridgehead atoms. The highest BCUT2D eigenvalue weighted by molar-refractivity contribution is 6.10. The van der Waals surface area contributed by atoms with E-state index in [0.29, 0.717) is 46.8 Å². The van der Waals surface area contributed by atoms with E-state index in [1.54, 1.807) is 77.7 Å². The third-order valence-corrected chi connectivity index (χ3v) is 6.62. The zero-order chi connectivity index (χ0) is 29.6. The van der Waals surface area contributed by atoms with E-state index in [-0.39, 0.29) is 12.0 Å². The van der Waals surface area contributed by atoms with Gasteiger partial charge in [0.1, 0.15) is 12.6 Å². The molecule has 0 aliphatic carbocycles. The Kier molecular flexibility index (Phi) is 9.22. The number of piperidine rings is 1. The van der Waals surface area contributed by atoms with Crippen LogP contribution < -0.4 is 16.4 Å². The predicted molar refractivity (Wildman–Crippen MR) is 148 cm³/mol. The number of nitrogens with one attached hydrogen (secondary N) is 2. The van der Waals surface area contributed by atoms with Crippen LogP contribution in [0, 0.1) is 0 Å². The number of urea groups is 1. The predicted octanol–water partition coefficient (Wildman–Crippen LogP) is 3.48. The molecule has 0 spiro atoms. The van der Waals surface area contributed by atoms with Crippen LogP contribution in [0.25, 0.3) is 22.5 Å². The summed E-state index contributed by atoms with van der Waals surface area (Å²) in [5, 5.41) is 8.62. The highest BCUT2D eigenvalue weighted by atomic mass is 19.4. The van der Waals surface area contributed by atoms with Crippen LogP contribution >= 0.6 is 0 Å². The lowest BCUT2D eigenvalue weighted by Crippen LogP contribution is -2.44. The van der Waals surface area contributed by atoms with Crippen molar-refractivity contribution in [3.8, 4) is 11.3 Å². The van der Waals surface area contributed by atoms with Crippen LogP contribution in [0.2, 0.25) is 0 Å². The van der Waals surface area contributed by atoms with Gasteiger partial charge in [0.25, 0.3) is 0 Å². The number of anilines is 1. The van der Waals surface area contributed by atoms with Gasteiger partial charge in [-0.05, 0) is 38.0 Å². The molecule has 3 aromatic rings. The molecule has 1 unspecified atom stereocenters. The Hall–Kier alpha value is -4.46. The number of benzene rings is 1. The van der Waals surface area contributed by atoms with Crippen molar-refractivity contribution in [1.29, 1.82) is 0 Å². The molecule has 0 saturated carbocycles. The lowest BCUT2D eigenvalue weighted by atomic mass is 10.1. The number of halogens is 3. The van der Waals surface area contributed by atoms with Gasteiger partial charge in [-0.3, -0.25) is 9.79 Å². The topological polar surface area (TPSA) is 139 Å². The van der Waals surface area contributed by atoms with Crippen molar-refractivity contribution >= 4 is 35.1 Å². The molecule has 2 aromatic heterocycles. The largest absolute Gasteiger partial charge is 0.405 e. The van der Waals surface area contributed by atoms with Crippen LogP contribution in [0.15, 0.2) is 53.9 Å². The minimum atomic E-state index is -4.51. The molecule has 1 atom stereocenters. The zero-order valence-corrected chi connectivity index (χ0v) is 22.6. The van der Waals surface area contributed by atoms with Gasteiger partial charge in [-0.25, -0.2) is 14.3 Å². The van der Waals surface area contributed by atoms with Crippen LogP contribution in [0.3, 0.4) is 0 Å². The van der Waals surface area contributed by atoms with Gasteiger partial charge in [-0.15, -0.1) is 0 Å². The molecule has 1 saturated heterocycles. The molecule has 1 aliphatic rings. The second-order valence-corrected chi connectivity index (χ2v) is 9.50. The van der Waals surface area contributed by atoms with Crippen molar-refractivity contribution in [1.82, 2.24) is 24.8 Å². The monoisotopic (exact) mass is 572 g/mol. The number of methoxy groups -OCH3 is 1. The first-order chi connectivity index (χ1) is 19.6. The quantitative estimate of drug-likeness (QED) is 0.353. The number of fused-ring (bicyclic) bond motifs is 1. The molecular weight excluding hydrogens is 541 g/mol. The Morgan fingerprint density at radius 3 is 2.68 bits per heavy atom. The average Bonchev–Trinajstić information content (AvgIpc) is 3.39. The van der Waals surface area contributed by atoms with E-state index in [9.17, 15) is 22.8 Å². The number of carbonyl (C=O) groups excluding carboxylic acids is 2. The molecular formula is C27H31F3N8O3. The highest BCUT2D eigenvalue weighted by Crippen LogP contribution is 2.24. The maximum atomic E-state index is 12.8. The number of aliphatic imine (C=N–C) groups is 1. The Bertz CT molecular complexity index is 1450. The first-order valence-corrected chi connectivity index (χ1v) is 12.9. The van der Waals surface area contributed by atoms with E-state index >= 15 is 0 Å². The normalized spacial score (nSPS) is 15.8. The number of imidazole rings is 1. The van der Waals surface area contributed by atoms with Gasteiger partial charge in [0.05, 0.1) is 24.2 Å². The van der Waals surface area contributed by atoms with Crippen LogP contribution in [0.5, 0.6) is 0 Å². The van der Waals surface area contributed by atoms with Crippen molar-refractivity contribution in [2.75, 3.05) is 32.1 Å². The Balaban J connectivity index is 1.45. The van der Waals surface area contributed by atoms with Crippen LogP contribution in [0.1, 0.15) is 25.3 Å². The maximum Gasteiger partial charge on any atom is 0.405 e. The summed E-state index contributed by atoms with van der Waals surface area (Å²) < 4.78 is 44.0. The number of hydrogen-bond donors (Lipinski definition) is 3. The first-order valence-electron chi connectivity index (χ1n) is 12.9. The van der Waals surface area contributed by atoms with E-state index in [1.807, 2.05) is 0 Å². The Morgan fingerprint density at radius 2 is 2.00 bits per heavy atom. The number of nitrogens with zero attached hydrogens (tertiary/aromatic N) is 5. The molecule has 4 N–H and O–H groups in total. The molecule has 3 heterocycles. The summed E-state index contributed by atoms with van der Waals surface area (Å²) >= 11 is 0. The van der Waals surface area contributed by atoms with Gasteiger partial charge < -0.3 is 26.0 Å². The van der Waals surface area contributed by atoms with Crippen molar-refractivity contribution in [3.05, 3.63) is 54.5 Å². The number of carbonyl (C=O) groups is 2. The number of rotatable bonds is 8. The summed E-state index contributed by atoms with van der Waals surface area (Å²) in [7, 11) is 1.68. The van der Waals surface area contributed by atoms with E-state index in [0.717, 1.165) is 12.8 Å². The Labute approximate surface area is 234 Å². The number of ether oxygens (including phenoxy) is 1. The van der Waals surface area contributed by atoms with Crippen molar-refractivity contribution in [2.45, 2.75) is 38.1 Å². The van der Waals surface area contributed by atoms with Crippen molar-refractivity contribution < 1.29 is 27.5 Å². The molecule has 4 rings (SSSR count). The van der Waals surface area contributed by atoms with Gasteiger partial charge in [0.2, 0.25) is 5.91 Å². The SMILES string of the molecule is COC1CCN(C(=O)C(C)N=CC(=CN)c2cnn3c(-c4cccc(NC(=O)NCC(F)(F)F)c4)cnc3c2)CC1. The number of nitrogens with two attached hydrogens (primary N) is 1. The third kappa shape index (κ3) is 7.60. The van der Waals surface area contributed by atoms with E-state index in [2.05, 4.69) is 20.4 Å². The maximum absolute atomic E-state index is 12.8. The highest BCUT2D eigenvalue weighted by Gasteiger charge is 2.28. The zero-order valence-electron chi connectivity index (χ0n) is 22.6. The summed E-state index contributed by atoms with van der Waals surface area (Å²) in [5.41, 5.74) is 9.07. The summed E-state index contributed by atoms with van der Waals surface area (Å²) in [6.07, 6.45) is 3.34. The van der Waals surface area contributed by atoms with Gasteiger partial charge in [0.15, 0.2) is 5.65 Å². The molecule has 11 nitrogen and oxygen atoms in total. The summed E-state index contributed by atoms with van der Waals surface area (Å²) in [6.45, 7) is 1.55. The number of alkyl halides is 3. The third-order valence-electron chi connectivity index (χ3n) is 6.62. The van der Waals surface area contributed by atoms with Crippen molar-refractivity contribution in [2.24, 2.45) is 10.7 Å². The second kappa shape index (κ2) is 12.8. The van der Waals surface area contributed by atoms with Gasteiger partial charge in [-0.1, -0.05) is 12.1 Å². The molecule has 1 aromatic carbocycles. The number of aromatic nitrogens is 3. The van der Waals surface area contributed by atoms with E-state index < -0.39 is 24.8 Å². The smallest absolute Gasteiger partial charge is 0.404 e. The van der Waals surface area contributed by atoms with E-state index in [1.165, 1.54) is 6.20 Å². The minimum absolute atomic E-state index is 0.0618. The minimum Gasteiger partial charge on any atom is -0.404 e. The lowest BCUT2D eigenvalue weighted by Gasteiger charge is -2.32. The molecule has 1 fully saturated rings. The fourth-order valence-electron chi connectivity index (χ4n) is 4.39. The molecule has 218 valence electrons. The molecule has 1 aliphatic heterocycles. The summed E-state index contributed by atoms with van der Waals surface area (Å²) in [5.74, 6) is -0.0618. The fourth-order valence-corrected chi connectivity index (χ4v) is 4.39. The summed E-state index contributed by atoms with van der Waals surface area (Å²) in [6, 6.07) is 6.75. The number of likely N-dealkylation sites (tertiary alicyclic amines) is 1. The van der Waals surface area contributed by atoms with Gasteiger partial charge >= 0.3 is 12.2 Å².